The van der Waals surface area contributed by atoms with E-state index in [-0.39, 0.29) is 5.76 Å². The summed E-state index contributed by atoms with van der Waals surface area (Å²) < 4.78 is 11.3. The Morgan fingerprint density at radius 1 is 1.19 bits per heavy atom. The van der Waals surface area contributed by atoms with E-state index in [0.29, 0.717) is 17.9 Å². The fourth-order valence-corrected chi connectivity index (χ4v) is 2.25. The number of rotatable bonds is 3. The summed E-state index contributed by atoms with van der Waals surface area (Å²) in [6, 6.07) is 15.2. The molecule has 1 heterocycles. The van der Waals surface area contributed by atoms with E-state index in [1.54, 1.807) is 0 Å². The summed E-state index contributed by atoms with van der Waals surface area (Å²) in [6.07, 6.45) is 0. The average Bonchev–Trinajstić information content (AvgIpc) is 2.86. The van der Waals surface area contributed by atoms with Gasteiger partial charge in [0.2, 0.25) is 5.76 Å². The summed E-state index contributed by atoms with van der Waals surface area (Å²) >= 11 is 0. The van der Waals surface area contributed by atoms with Crippen molar-refractivity contribution in [1.29, 1.82) is 5.26 Å². The van der Waals surface area contributed by atoms with Crippen LogP contribution in [0.1, 0.15) is 16.9 Å². The van der Waals surface area contributed by atoms with Gasteiger partial charge >= 0.3 is 0 Å². The van der Waals surface area contributed by atoms with Gasteiger partial charge in [-0.25, -0.2) is 0 Å². The number of nitrogens with zero attached hydrogens (tertiary/aromatic N) is 1. The number of furan rings is 1. The average molecular weight is 278 g/mol. The van der Waals surface area contributed by atoms with Crippen LogP contribution < -0.4 is 10.5 Å². The van der Waals surface area contributed by atoms with Crippen LogP contribution in [0, 0.1) is 18.3 Å². The Kier molecular flexibility index (Phi) is 3.25. The van der Waals surface area contributed by atoms with Gasteiger partial charge in [0, 0.05) is 5.69 Å². The molecule has 104 valence electrons. The Bertz CT molecular complexity index is 844. The van der Waals surface area contributed by atoms with Gasteiger partial charge in [0.1, 0.15) is 18.3 Å². The van der Waals surface area contributed by atoms with Crippen molar-refractivity contribution < 1.29 is 9.15 Å². The molecule has 4 nitrogen and oxygen atoms in total. The number of nitrogens with two attached hydrogens (primary N) is 1. The summed E-state index contributed by atoms with van der Waals surface area (Å²) in [5, 5.41) is 9.97. The number of anilines is 1. The molecule has 0 fully saturated rings. The van der Waals surface area contributed by atoms with E-state index in [1.165, 1.54) is 0 Å². The molecule has 0 radical (unpaired) electrons. The van der Waals surface area contributed by atoms with Crippen LogP contribution in [0.3, 0.4) is 0 Å². The van der Waals surface area contributed by atoms with Gasteiger partial charge in [-0.05, 0) is 36.2 Å². The second-order valence-corrected chi connectivity index (χ2v) is 4.79. The van der Waals surface area contributed by atoms with Crippen molar-refractivity contribution in [3.8, 4) is 11.8 Å². The Hall–Kier alpha value is -2.93. The lowest BCUT2D eigenvalue weighted by Gasteiger charge is -2.09. The molecule has 1 aromatic heterocycles. The molecule has 0 aliphatic carbocycles. The topological polar surface area (TPSA) is 72.2 Å². The van der Waals surface area contributed by atoms with Crippen molar-refractivity contribution in [3.63, 3.8) is 0 Å². The molecule has 0 saturated heterocycles. The van der Waals surface area contributed by atoms with Gasteiger partial charge in [-0.15, -0.1) is 0 Å². The fourth-order valence-electron chi connectivity index (χ4n) is 2.25. The molecule has 0 aliphatic rings. The van der Waals surface area contributed by atoms with Crippen LogP contribution in [0.4, 0.5) is 5.69 Å². The van der Waals surface area contributed by atoms with Crippen LogP contribution in [0.2, 0.25) is 0 Å². The molecule has 4 heteroatoms. The monoisotopic (exact) mass is 278 g/mol. The lowest BCUT2D eigenvalue weighted by Crippen LogP contribution is -2.01. The number of hydrogen-bond acceptors (Lipinski definition) is 4. The van der Waals surface area contributed by atoms with Gasteiger partial charge in [-0.3, -0.25) is 0 Å². The van der Waals surface area contributed by atoms with E-state index >= 15 is 0 Å². The SMILES string of the molecule is Cc1c(N)cccc1COc1c(C#N)oc2ccccc12. The van der Waals surface area contributed by atoms with E-state index in [2.05, 4.69) is 0 Å². The molecular weight excluding hydrogens is 264 g/mol. The maximum atomic E-state index is 9.17. The molecule has 2 N–H and O–H groups in total. The first-order valence-corrected chi connectivity index (χ1v) is 6.59. The first kappa shape index (κ1) is 13.1. The quantitative estimate of drug-likeness (QED) is 0.740. The smallest absolute Gasteiger partial charge is 0.246 e. The van der Waals surface area contributed by atoms with Crippen molar-refractivity contribution in [2.24, 2.45) is 0 Å². The Labute approximate surface area is 122 Å². The predicted octanol–water partition coefficient (Wildman–Crippen LogP) is 3.77. The first-order valence-electron chi connectivity index (χ1n) is 6.59. The highest BCUT2D eigenvalue weighted by atomic mass is 16.5. The fraction of sp³-hybridized carbons (Fsp3) is 0.118. The molecule has 0 spiro atoms. The van der Waals surface area contributed by atoms with Crippen molar-refractivity contribution in [1.82, 2.24) is 0 Å². The summed E-state index contributed by atoms with van der Waals surface area (Å²) in [7, 11) is 0. The summed E-state index contributed by atoms with van der Waals surface area (Å²) in [5.41, 5.74) is 9.25. The molecule has 21 heavy (non-hydrogen) atoms. The minimum atomic E-state index is 0.192. The molecule has 0 atom stereocenters. The minimum Gasteiger partial charge on any atom is -0.483 e. The number of hydrogen-bond donors (Lipinski definition) is 1. The molecule has 0 aliphatic heterocycles. The Balaban J connectivity index is 1.95. The van der Waals surface area contributed by atoms with E-state index in [9.17, 15) is 5.26 Å². The zero-order valence-electron chi connectivity index (χ0n) is 11.6. The highest BCUT2D eigenvalue weighted by Gasteiger charge is 2.15. The van der Waals surface area contributed by atoms with E-state index in [4.69, 9.17) is 14.9 Å². The molecule has 2 aromatic carbocycles. The zero-order valence-corrected chi connectivity index (χ0v) is 11.6. The van der Waals surface area contributed by atoms with Crippen LogP contribution in [-0.2, 0) is 6.61 Å². The molecule has 0 unspecified atom stereocenters. The molecule has 0 amide bonds. The normalized spacial score (nSPS) is 10.5. The van der Waals surface area contributed by atoms with Crippen LogP contribution >= 0.6 is 0 Å². The number of ether oxygens (including phenoxy) is 1. The largest absolute Gasteiger partial charge is 0.483 e. The number of para-hydroxylation sites is 1. The molecule has 3 aromatic rings. The molecule has 3 rings (SSSR count). The van der Waals surface area contributed by atoms with Crippen LogP contribution in [0.15, 0.2) is 46.9 Å². The second-order valence-electron chi connectivity index (χ2n) is 4.79. The van der Waals surface area contributed by atoms with Gasteiger partial charge < -0.3 is 14.9 Å². The number of benzene rings is 2. The lowest BCUT2D eigenvalue weighted by atomic mass is 10.1. The van der Waals surface area contributed by atoms with E-state index in [0.717, 1.165) is 22.2 Å². The van der Waals surface area contributed by atoms with Gasteiger partial charge in [-0.1, -0.05) is 24.3 Å². The minimum absolute atomic E-state index is 0.192. The Morgan fingerprint density at radius 3 is 2.81 bits per heavy atom. The third kappa shape index (κ3) is 2.30. The summed E-state index contributed by atoms with van der Waals surface area (Å²) in [5.74, 6) is 0.674. The summed E-state index contributed by atoms with van der Waals surface area (Å²) in [6.45, 7) is 2.29. The highest BCUT2D eigenvalue weighted by Crippen LogP contribution is 2.33. The van der Waals surface area contributed by atoms with E-state index in [1.807, 2.05) is 55.5 Å². The van der Waals surface area contributed by atoms with Crippen LogP contribution in [0.5, 0.6) is 5.75 Å². The van der Waals surface area contributed by atoms with Crippen LogP contribution in [-0.4, -0.2) is 0 Å². The first-order chi connectivity index (χ1) is 10.2. The van der Waals surface area contributed by atoms with Gasteiger partial charge in [0.15, 0.2) is 5.75 Å². The van der Waals surface area contributed by atoms with Gasteiger partial charge in [0.25, 0.3) is 0 Å². The summed E-state index contributed by atoms with van der Waals surface area (Å²) in [4.78, 5) is 0. The third-order valence-corrected chi connectivity index (χ3v) is 3.51. The lowest BCUT2D eigenvalue weighted by molar-refractivity contribution is 0.303. The maximum absolute atomic E-state index is 9.17. The van der Waals surface area contributed by atoms with Crippen molar-refractivity contribution in [2.75, 3.05) is 5.73 Å². The molecule has 0 bridgehead atoms. The molecular formula is C17H14N2O2. The molecule has 0 saturated carbocycles. The van der Waals surface area contributed by atoms with Crippen molar-refractivity contribution in [3.05, 3.63) is 59.4 Å². The van der Waals surface area contributed by atoms with Crippen molar-refractivity contribution in [2.45, 2.75) is 13.5 Å². The number of fused-ring (bicyclic) bond motifs is 1. The highest BCUT2D eigenvalue weighted by molar-refractivity contribution is 5.86. The zero-order chi connectivity index (χ0) is 14.8. The van der Waals surface area contributed by atoms with Gasteiger partial charge in [0.05, 0.1) is 5.39 Å². The predicted molar refractivity (Wildman–Crippen MR) is 80.9 cm³/mol. The maximum Gasteiger partial charge on any atom is 0.246 e. The van der Waals surface area contributed by atoms with Crippen LogP contribution in [0.25, 0.3) is 11.0 Å². The van der Waals surface area contributed by atoms with Gasteiger partial charge in [-0.2, -0.15) is 5.26 Å². The van der Waals surface area contributed by atoms with E-state index < -0.39 is 0 Å². The Morgan fingerprint density at radius 2 is 2.00 bits per heavy atom. The van der Waals surface area contributed by atoms with Crippen molar-refractivity contribution >= 4 is 16.7 Å². The number of nitriles is 1. The number of nitrogen functional groups attached to an aromatic ring is 1. The third-order valence-electron chi connectivity index (χ3n) is 3.51. The second kappa shape index (κ2) is 5.22. The standard InChI is InChI=1S/C17H14N2O2/c1-11-12(5-4-7-14(11)19)10-20-17-13-6-2-3-8-15(13)21-16(17)9-18/h2-8H,10,19H2,1H3.